The zero-order chi connectivity index (χ0) is 26.7. The van der Waals surface area contributed by atoms with Gasteiger partial charge in [0.2, 0.25) is 0 Å². The number of benzene rings is 3. The Balaban J connectivity index is 1.65. The summed E-state index contributed by atoms with van der Waals surface area (Å²) in [6.07, 6.45) is 0. The molecular weight excluding hydrogens is 581 g/mol. The monoisotopic (exact) mass is 597 g/mol. The first kappa shape index (κ1) is 27.2. The fraction of sp³-hybridized carbons (Fsp3) is 0.125. The van der Waals surface area contributed by atoms with Crippen LogP contribution in [0.15, 0.2) is 70.6 Å². The van der Waals surface area contributed by atoms with Crippen LogP contribution < -0.4 is 9.52 Å². The van der Waals surface area contributed by atoms with E-state index in [0.717, 1.165) is 11.3 Å². The minimum atomic E-state index is -3.84. The molecule has 0 radical (unpaired) electrons. The number of fused-ring (bicyclic) bond motifs is 1. The molecule has 0 unspecified atom stereocenters. The average molecular weight is 599 g/mol. The van der Waals surface area contributed by atoms with Crippen LogP contribution in [0.3, 0.4) is 0 Å². The van der Waals surface area contributed by atoms with Crippen LogP contribution in [-0.4, -0.2) is 31.5 Å². The number of rotatable bonds is 7. The highest BCUT2D eigenvalue weighted by Crippen LogP contribution is 2.32. The van der Waals surface area contributed by atoms with E-state index in [4.69, 9.17) is 39.5 Å². The second kappa shape index (κ2) is 11.2. The van der Waals surface area contributed by atoms with Crippen molar-refractivity contribution in [1.29, 1.82) is 0 Å². The van der Waals surface area contributed by atoms with Crippen LogP contribution in [0, 0.1) is 0 Å². The van der Waals surface area contributed by atoms with Gasteiger partial charge in [-0.3, -0.25) is 14.3 Å². The molecular formula is C24H18Cl3N3O5S2. The van der Waals surface area contributed by atoms with Gasteiger partial charge in [-0.2, -0.15) is 4.99 Å². The highest BCUT2D eigenvalue weighted by molar-refractivity contribution is 7.92. The molecule has 4 aromatic rings. The van der Waals surface area contributed by atoms with Crippen LogP contribution in [-0.2, 0) is 26.1 Å². The van der Waals surface area contributed by atoms with Crippen molar-refractivity contribution >= 4 is 83.9 Å². The van der Waals surface area contributed by atoms with Gasteiger partial charge in [-0.15, -0.1) is 0 Å². The fourth-order valence-electron chi connectivity index (χ4n) is 3.34. The molecule has 0 aliphatic rings. The Morgan fingerprint density at radius 3 is 2.27 bits per heavy atom. The molecule has 0 spiro atoms. The Kier molecular flexibility index (Phi) is 8.25. The number of ether oxygens (including phenoxy) is 1. The van der Waals surface area contributed by atoms with Crippen LogP contribution in [0.4, 0.5) is 5.69 Å². The standard InChI is InChI=1S/C24H18Cl3N3O5S2/c1-2-35-20(31)13-30-21-18(26)11-12-19(27)22(21)36-24(30)28-23(32)14-3-7-16(8-4-14)29-37(33,34)17-9-5-15(25)6-10-17/h3-12,29H,2,13H2,1H3. The third-order valence-electron chi connectivity index (χ3n) is 5.03. The first-order valence-corrected chi connectivity index (χ1v) is 14.1. The third-order valence-corrected chi connectivity index (χ3v) is 8.52. The molecule has 4 rings (SSSR count). The van der Waals surface area contributed by atoms with E-state index < -0.39 is 21.9 Å². The molecule has 192 valence electrons. The maximum absolute atomic E-state index is 13.0. The van der Waals surface area contributed by atoms with E-state index in [2.05, 4.69) is 9.71 Å². The van der Waals surface area contributed by atoms with Crippen molar-refractivity contribution in [1.82, 2.24) is 4.57 Å². The normalized spacial score (nSPS) is 12.1. The second-order valence-corrected chi connectivity index (χ2v) is 11.4. The molecule has 37 heavy (non-hydrogen) atoms. The van der Waals surface area contributed by atoms with E-state index in [0.29, 0.717) is 25.3 Å². The molecule has 8 nitrogen and oxygen atoms in total. The summed E-state index contributed by atoms with van der Waals surface area (Å²) >= 11 is 19.6. The summed E-state index contributed by atoms with van der Waals surface area (Å²) in [4.78, 5) is 29.6. The van der Waals surface area contributed by atoms with Gasteiger partial charge in [-0.05, 0) is 67.6 Å². The van der Waals surface area contributed by atoms with Crippen LogP contribution in [0.2, 0.25) is 15.1 Å². The van der Waals surface area contributed by atoms with E-state index in [1.54, 1.807) is 19.1 Å². The predicted octanol–water partition coefficient (Wildman–Crippen LogP) is 5.77. The summed E-state index contributed by atoms with van der Waals surface area (Å²) in [7, 11) is -3.84. The van der Waals surface area contributed by atoms with Crippen molar-refractivity contribution in [3.05, 3.63) is 86.1 Å². The lowest BCUT2D eigenvalue weighted by Crippen LogP contribution is -2.23. The lowest BCUT2D eigenvalue weighted by Gasteiger charge is -2.08. The van der Waals surface area contributed by atoms with Crippen LogP contribution >= 0.6 is 46.1 Å². The summed E-state index contributed by atoms with van der Waals surface area (Å²) in [5.41, 5.74) is 0.918. The van der Waals surface area contributed by atoms with Gasteiger partial charge in [0.1, 0.15) is 6.54 Å². The van der Waals surface area contributed by atoms with E-state index in [-0.39, 0.29) is 34.1 Å². The lowest BCUT2D eigenvalue weighted by molar-refractivity contribution is -0.143. The summed E-state index contributed by atoms with van der Waals surface area (Å²) in [5.74, 6) is -1.13. The highest BCUT2D eigenvalue weighted by atomic mass is 35.5. The molecule has 0 aliphatic carbocycles. The van der Waals surface area contributed by atoms with E-state index >= 15 is 0 Å². The minimum Gasteiger partial charge on any atom is -0.465 e. The third kappa shape index (κ3) is 6.16. The van der Waals surface area contributed by atoms with Crippen molar-refractivity contribution in [3.63, 3.8) is 0 Å². The predicted molar refractivity (Wildman–Crippen MR) is 145 cm³/mol. The number of carbonyl (C=O) groups is 2. The molecule has 0 saturated heterocycles. The van der Waals surface area contributed by atoms with Gasteiger partial charge in [0.15, 0.2) is 4.80 Å². The molecule has 13 heteroatoms. The smallest absolute Gasteiger partial charge is 0.326 e. The average Bonchev–Trinajstić information content (AvgIpc) is 3.21. The quantitative estimate of drug-likeness (QED) is 0.272. The Morgan fingerprint density at radius 1 is 0.973 bits per heavy atom. The summed E-state index contributed by atoms with van der Waals surface area (Å²) < 4.78 is 34.7. The fourth-order valence-corrected chi connectivity index (χ4v) is 6.17. The number of aromatic nitrogens is 1. The number of carbonyl (C=O) groups excluding carboxylic acids is 2. The number of nitrogens with zero attached hydrogens (tertiary/aromatic N) is 2. The maximum atomic E-state index is 13.0. The molecule has 0 saturated carbocycles. The van der Waals surface area contributed by atoms with Gasteiger partial charge in [0, 0.05) is 16.3 Å². The first-order chi connectivity index (χ1) is 17.6. The number of halogens is 3. The molecule has 1 amide bonds. The van der Waals surface area contributed by atoms with Crippen LogP contribution in [0.1, 0.15) is 17.3 Å². The van der Waals surface area contributed by atoms with Gasteiger partial charge in [0.05, 0.1) is 31.8 Å². The van der Waals surface area contributed by atoms with Crippen molar-refractivity contribution in [3.8, 4) is 0 Å². The lowest BCUT2D eigenvalue weighted by atomic mass is 10.2. The van der Waals surface area contributed by atoms with E-state index in [9.17, 15) is 18.0 Å². The highest BCUT2D eigenvalue weighted by Gasteiger charge is 2.18. The zero-order valence-electron chi connectivity index (χ0n) is 19.1. The van der Waals surface area contributed by atoms with Gasteiger partial charge < -0.3 is 9.30 Å². The van der Waals surface area contributed by atoms with E-state index in [1.807, 2.05) is 0 Å². The molecule has 0 aliphatic heterocycles. The topological polar surface area (TPSA) is 107 Å². The zero-order valence-corrected chi connectivity index (χ0v) is 23.0. The molecule has 0 atom stereocenters. The van der Waals surface area contributed by atoms with E-state index in [1.165, 1.54) is 53.1 Å². The van der Waals surface area contributed by atoms with Crippen LogP contribution in [0.25, 0.3) is 10.2 Å². The summed E-state index contributed by atoms with van der Waals surface area (Å²) in [6.45, 7) is 1.66. The van der Waals surface area contributed by atoms with Crippen molar-refractivity contribution < 1.29 is 22.7 Å². The van der Waals surface area contributed by atoms with Gasteiger partial charge in [0.25, 0.3) is 15.9 Å². The number of thiazole rings is 1. The number of esters is 1. The number of anilines is 1. The summed E-state index contributed by atoms with van der Waals surface area (Å²) in [5, 5.41) is 1.15. The Bertz CT molecular complexity index is 1660. The first-order valence-electron chi connectivity index (χ1n) is 10.7. The molecule has 1 aromatic heterocycles. The van der Waals surface area contributed by atoms with Gasteiger partial charge in [-0.1, -0.05) is 46.1 Å². The SMILES string of the molecule is CCOC(=O)Cn1c(=NC(=O)c2ccc(NS(=O)(=O)c3ccc(Cl)cc3)cc2)sc2c(Cl)ccc(Cl)c21. The van der Waals surface area contributed by atoms with Gasteiger partial charge >= 0.3 is 5.97 Å². The number of sulfonamides is 1. The number of nitrogens with one attached hydrogen (secondary N) is 1. The number of amides is 1. The molecule has 0 bridgehead atoms. The Morgan fingerprint density at radius 2 is 1.62 bits per heavy atom. The molecule has 1 N–H and O–H groups in total. The Hall–Kier alpha value is -2.89. The number of hydrogen-bond acceptors (Lipinski definition) is 6. The number of hydrogen-bond donors (Lipinski definition) is 1. The molecule has 0 fully saturated rings. The second-order valence-electron chi connectivity index (χ2n) is 7.54. The van der Waals surface area contributed by atoms with Crippen molar-refractivity contribution in [2.75, 3.05) is 11.3 Å². The molecule has 1 heterocycles. The van der Waals surface area contributed by atoms with Crippen LogP contribution in [0.5, 0.6) is 0 Å². The van der Waals surface area contributed by atoms with Gasteiger partial charge in [-0.25, -0.2) is 8.42 Å². The molecule has 3 aromatic carbocycles. The Labute approximate surface area is 231 Å². The maximum Gasteiger partial charge on any atom is 0.326 e. The van der Waals surface area contributed by atoms with Crippen molar-refractivity contribution in [2.45, 2.75) is 18.4 Å². The summed E-state index contributed by atoms with van der Waals surface area (Å²) in [6, 6.07) is 14.7. The largest absolute Gasteiger partial charge is 0.465 e. The minimum absolute atomic E-state index is 0.0419. The van der Waals surface area contributed by atoms with Crippen molar-refractivity contribution in [2.24, 2.45) is 4.99 Å².